The standard InChI is InChI=1S/C18H25NO3S/c1-12-7-8-14-15(11-23-16(14)9-12)18(21)22-10-17(20)19-13-5-3-2-4-6-13/h11-13H,2-10H2,1H3,(H,19,20). The molecule has 5 heteroatoms. The minimum absolute atomic E-state index is 0.170. The Morgan fingerprint density at radius 2 is 2.04 bits per heavy atom. The Morgan fingerprint density at radius 1 is 1.26 bits per heavy atom. The van der Waals surface area contributed by atoms with Gasteiger partial charge in [0.1, 0.15) is 0 Å². The highest BCUT2D eigenvalue weighted by Gasteiger charge is 2.24. The van der Waals surface area contributed by atoms with Gasteiger partial charge in [-0.3, -0.25) is 4.79 Å². The van der Waals surface area contributed by atoms with E-state index < -0.39 is 0 Å². The number of hydrogen-bond acceptors (Lipinski definition) is 4. The van der Waals surface area contributed by atoms with Crippen molar-refractivity contribution in [3.63, 3.8) is 0 Å². The number of fused-ring (bicyclic) bond motifs is 1. The van der Waals surface area contributed by atoms with Gasteiger partial charge in [-0.2, -0.15) is 0 Å². The van der Waals surface area contributed by atoms with Crippen molar-refractivity contribution in [2.45, 2.75) is 64.3 Å². The molecule has 1 heterocycles. The predicted octanol–water partition coefficient (Wildman–Crippen LogP) is 3.48. The van der Waals surface area contributed by atoms with Gasteiger partial charge in [0.2, 0.25) is 0 Å². The highest BCUT2D eigenvalue weighted by molar-refractivity contribution is 7.10. The fourth-order valence-electron chi connectivity index (χ4n) is 3.57. The molecule has 1 fully saturated rings. The highest BCUT2D eigenvalue weighted by atomic mass is 32.1. The molecule has 2 aliphatic carbocycles. The second-order valence-electron chi connectivity index (χ2n) is 6.88. The van der Waals surface area contributed by atoms with E-state index in [1.165, 1.54) is 24.1 Å². The molecule has 126 valence electrons. The molecule has 1 amide bonds. The van der Waals surface area contributed by atoms with Crippen molar-refractivity contribution < 1.29 is 14.3 Å². The number of carbonyl (C=O) groups is 2. The lowest BCUT2D eigenvalue weighted by molar-refractivity contribution is -0.125. The van der Waals surface area contributed by atoms with E-state index in [1.807, 2.05) is 5.38 Å². The monoisotopic (exact) mass is 335 g/mol. The topological polar surface area (TPSA) is 55.4 Å². The van der Waals surface area contributed by atoms with Gasteiger partial charge in [0, 0.05) is 16.3 Å². The first-order valence-electron chi connectivity index (χ1n) is 8.69. The Bertz CT molecular complexity index is 575. The lowest BCUT2D eigenvalue weighted by Gasteiger charge is -2.22. The van der Waals surface area contributed by atoms with Crippen LogP contribution < -0.4 is 5.32 Å². The van der Waals surface area contributed by atoms with Gasteiger partial charge < -0.3 is 10.1 Å². The van der Waals surface area contributed by atoms with Crippen LogP contribution in [0, 0.1) is 5.92 Å². The summed E-state index contributed by atoms with van der Waals surface area (Å²) in [5.41, 5.74) is 1.81. The minimum Gasteiger partial charge on any atom is -0.452 e. The smallest absolute Gasteiger partial charge is 0.339 e. The van der Waals surface area contributed by atoms with Gasteiger partial charge in [-0.15, -0.1) is 11.3 Å². The zero-order valence-electron chi connectivity index (χ0n) is 13.7. The number of carbonyl (C=O) groups excluding carboxylic acids is 2. The highest BCUT2D eigenvalue weighted by Crippen LogP contribution is 2.33. The van der Waals surface area contributed by atoms with Gasteiger partial charge in [-0.25, -0.2) is 4.79 Å². The molecule has 0 saturated heterocycles. The number of hydrogen-bond donors (Lipinski definition) is 1. The average Bonchev–Trinajstić information content (AvgIpc) is 2.96. The number of rotatable bonds is 4. The van der Waals surface area contributed by atoms with E-state index >= 15 is 0 Å². The van der Waals surface area contributed by atoms with Crippen molar-refractivity contribution in [1.82, 2.24) is 5.32 Å². The number of amides is 1. The third kappa shape index (κ3) is 4.14. The van der Waals surface area contributed by atoms with Crippen LogP contribution in [-0.2, 0) is 22.4 Å². The van der Waals surface area contributed by atoms with Gasteiger partial charge in [0.05, 0.1) is 5.56 Å². The Kier molecular flexibility index (Phi) is 5.36. The van der Waals surface area contributed by atoms with Crippen LogP contribution in [0.15, 0.2) is 5.38 Å². The van der Waals surface area contributed by atoms with Crippen LogP contribution in [0.3, 0.4) is 0 Å². The fraction of sp³-hybridized carbons (Fsp3) is 0.667. The molecule has 2 aliphatic rings. The second kappa shape index (κ2) is 7.47. The van der Waals surface area contributed by atoms with Crippen LogP contribution in [0.1, 0.15) is 66.2 Å². The zero-order chi connectivity index (χ0) is 16.2. The molecule has 1 saturated carbocycles. The molecule has 1 atom stereocenters. The van der Waals surface area contributed by atoms with Gasteiger partial charge in [0.15, 0.2) is 6.61 Å². The quantitative estimate of drug-likeness (QED) is 0.857. The van der Waals surface area contributed by atoms with Crippen LogP contribution >= 0.6 is 11.3 Å². The Morgan fingerprint density at radius 3 is 2.83 bits per heavy atom. The molecule has 3 rings (SSSR count). The maximum absolute atomic E-state index is 12.3. The van der Waals surface area contributed by atoms with E-state index in [1.54, 1.807) is 11.3 Å². The molecule has 1 aromatic rings. The third-order valence-electron chi connectivity index (χ3n) is 4.93. The third-order valence-corrected chi connectivity index (χ3v) is 5.98. The molecule has 0 aromatic carbocycles. The molecule has 1 unspecified atom stereocenters. The zero-order valence-corrected chi connectivity index (χ0v) is 14.5. The van der Waals surface area contributed by atoms with Gasteiger partial charge in [-0.05, 0) is 43.6 Å². The van der Waals surface area contributed by atoms with Crippen molar-refractivity contribution >= 4 is 23.2 Å². The van der Waals surface area contributed by atoms with Crippen molar-refractivity contribution in [1.29, 1.82) is 0 Å². The lowest BCUT2D eigenvalue weighted by atomic mass is 9.88. The molecule has 0 spiro atoms. The van der Waals surface area contributed by atoms with E-state index in [9.17, 15) is 9.59 Å². The van der Waals surface area contributed by atoms with Crippen LogP contribution in [-0.4, -0.2) is 24.5 Å². The van der Waals surface area contributed by atoms with Crippen molar-refractivity contribution in [2.75, 3.05) is 6.61 Å². The number of ether oxygens (including phenoxy) is 1. The summed E-state index contributed by atoms with van der Waals surface area (Å²) in [6.07, 6.45) is 8.78. The summed E-state index contributed by atoms with van der Waals surface area (Å²) in [7, 11) is 0. The summed E-state index contributed by atoms with van der Waals surface area (Å²) in [6.45, 7) is 2.08. The number of nitrogens with one attached hydrogen (secondary N) is 1. The molecule has 23 heavy (non-hydrogen) atoms. The molecule has 0 bridgehead atoms. The Hall–Kier alpha value is -1.36. The molecule has 0 radical (unpaired) electrons. The van der Waals surface area contributed by atoms with Gasteiger partial charge in [-0.1, -0.05) is 26.2 Å². The Balaban J connectivity index is 1.50. The SMILES string of the molecule is CC1CCc2c(C(=O)OCC(=O)NC3CCCCC3)csc2C1. The average molecular weight is 335 g/mol. The van der Waals surface area contributed by atoms with Crippen molar-refractivity contribution in [2.24, 2.45) is 5.92 Å². The molecular weight excluding hydrogens is 310 g/mol. The molecule has 0 aliphatic heterocycles. The number of thiophene rings is 1. The summed E-state index contributed by atoms with van der Waals surface area (Å²) < 4.78 is 5.24. The van der Waals surface area contributed by atoms with Crippen LogP contribution in [0.25, 0.3) is 0 Å². The molecule has 1 aromatic heterocycles. The largest absolute Gasteiger partial charge is 0.452 e. The van der Waals surface area contributed by atoms with Crippen molar-refractivity contribution in [3.05, 3.63) is 21.4 Å². The summed E-state index contributed by atoms with van der Waals surface area (Å²) in [6, 6.07) is 0.255. The Labute approximate surface area is 141 Å². The van der Waals surface area contributed by atoms with E-state index in [4.69, 9.17) is 4.74 Å². The minimum atomic E-state index is -0.351. The van der Waals surface area contributed by atoms with E-state index in [0.29, 0.717) is 11.5 Å². The maximum Gasteiger partial charge on any atom is 0.339 e. The van der Waals surface area contributed by atoms with Crippen molar-refractivity contribution in [3.8, 4) is 0 Å². The van der Waals surface area contributed by atoms with E-state index in [2.05, 4.69) is 12.2 Å². The number of esters is 1. The second-order valence-corrected chi connectivity index (χ2v) is 7.84. The molecule has 4 nitrogen and oxygen atoms in total. The fourth-order valence-corrected chi connectivity index (χ4v) is 4.81. The molecular formula is C18H25NO3S. The first kappa shape index (κ1) is 16.5. The van der Waals surface area contributed by atoms with E-state index in [-0.39, 0.29) is 24.5 Å². The first-order valence-corrected chi connectivity index (χ1v) is 9.57. The lowest BCUT2D eigenvalue weighted by Crippen LogP contribution is -2.38. The predicted molar refractivity (Wildman–Crippen MR) is 90.8 cm³/mol. The summed E-state index contributed by atoms with van der Waals surface area (Å²) in [5.74, 6) is 0.158. The normalized spacial score (nSPS) is 21.5. The van der Waals surface area contributed by atoms with Gasteiger partial charge in [0.25, 0.3) is 5.91 Å². The maximum atomic E-state index is 12.3. The van der Waals surface area contributed by atoms with Crippen LogP contribution in [0.5, 0.6) is 0 Å². The van der Waals surface area contributed by atoms with Crippen LogP contribution in [0.4, 0.5) is 0 Å². The first-order chi connectivity index (χ1) is 11.1. The summed E-state index contributed by atoms with van der Waals surface area (Å²) in [5, 5.41) is 4.87. The molecule has 1 N–H and O–H groups in total. The van der Waals surface area contributed by atoms with Gasteiger partial charge >= 0.3 is 5.97 Å². The summed E-state index contributed by atoms with van der Waals surface area (Å²) in [4.78, 5) is 25.5. The van der Waals surface area contributed by atoms with Crippen LogP contribution in [0.2, 0.25) is 0 Å². The summed E-state index contributed by atoms with van der Waals surface area (Å²) >= 11 is 1.65. The van der Waals surface area contributed by atoms with E-state index in [0.717, 1.165) is 37.7 Å².